The number of aliphatic imine (C=N–C) groups is 1. The Labute approximate surface area is 109 Å². The molecule has 104 valence electrons. The summed E-state index contributed by atoms with van der Waals surface area (Å²) in [7, 11) is 0. The molecule has 0 saturated heterocycles. The lowest BCUT2D eigenvalue weighted by Gasteiger charge is -2.10. The van der Waals surface area contributed by atoms with E-state index in [1.165, 1.54) is 0 Å². The van der Waals surface area contributed by atoms with Crippen LogP contribution in [0.2, 0.25) is 0 Å². The minimum absolute atomic E-state index is 0.0564. The minimum atomic E-state index is -4.28. The number of rotatable bonds is 3. The van der Waals surface area contributed by atoms with E-state index < -0.39 is 23.8 Å². The first kappa shape index (κ1) is 13.9. The van der Waals surface area contributed by atoms with E-state index in [4.69, 9.17) is 11.6 Å². The molecule has 1 aliphatic heterocycles. The Morgan fingerprint density at radius 3 is 2.68 bits per heavy atom. The van der Waals surface area contributed by atoms with Gasteiger partial charge in [-0.1, -0.05) is 11.6 Å². The van der Waals surface area contributed by atoms with Crippen LogP contribution in [0.4, 0.5) is 19.0 Å². The van der Waals surface area contributed by atoms with Crippen molar-refractivity contribution in [1.29, 1.82) is 0 Å². The van der Waals surface area contributed by atoms with Gasteiger partial charge in [-0.15, -0.1) is 0 Å². The third-order valence-corrected chi connectivity index (χ3v) is 2.88. The van der Waals surface area contributed by atoms with Crippen LogP contribution >= 0.6 is 11.6 Å². The van der Waals surface area contributed by atoms with Gasteiger partial charge in [0.1, 0.15) is 11.0 Å². The molecule has 0 saturated carbocycles. The number of aromatic amines is 1. The Balaban J connectivity index is 2.29. The van der Waals surface area contributed by atoms with Crippen LogP contribution in [0.25, 0.3) is 0 Å². The van der Waals surface area contributed by atoms with E-state index >= 15 is 0 Å². The number of hydrogen-bond acceptors (Lipinski definition) is 3. The quantitative estimate of drug-likeness (QED) is 0.922. The number of hydrogen-bond donors (Lipinski definition) is 1. The summed E-state index contributed by atoms with van der Waals surface area (Å²) < 4.78 is 37.2. The molecule has 2 rings (SSSR count). The summed E-state index contributed by atoms with van der Waals surface area (Å²) in [6.07, 6.45) is -5.47. The first-order valence-corrected chi connectivity index (χ1v) is 5.81. The van der Waals surface area contributed by atoms with Gasteiger partial charge in [0.25, 0.3) is 5.56 Å². The second-order valence-electron chi connectivity index (χ2n) is 4.10. The highest BCUT2D eigenvalue weighted by atomic mass is 35.5. The summed E-state index contributed by atoms with van der Waals surface area (Å²) >= 11 is 5.68. The van der Waals surface area contributed by atoms with E-state index in [0.717, 1.165) is 4.57 Å². The zero-order valence-corrected chi connectivity index (χ0v) is 10.3. The number of H-pyrrole nitrogens is 1. The van der Waals surface area contributed by atoms with Crippen molar-refractivity contribution < 1.29 is 13.2 Å². The van der Waals surface area contributed by atoms with Crippen molar-refractivity contribution in [2.24, 2.45) is 4.99 Å². The lowest BCUT2D eigenvalue weighted by atomic mass is 10.2. The van der Waals surface area contributed by atoms with Crippen LogP contribution in [0, 0.1) is 0 Å². The van der Waals surface area contributed by atoms with Gasteiger partial charge in [-0.3, -0.25) is 14.3 Å². The van der Waals surface area contributed by atoms with Crippen LogP contribution in [0.15, 0.2) is 14.6 Å². The van der Waals surface area contributed by atoms with Crippen LogP contribution in [0.5, 0.6) is 0 Å². The highest BCUT2D eigenvalue weighted by Crippen LogP contribution is 2.25. The molecule has 1 N–H and O–H groups in total. The topological polar surface area (TPSA) is 67.2 Å². The molecule has 0 unspecified atom stereocenters. The molecule has 1 aromatic heterocycles. The maximum absolute atomic E-state index is 12.1. The molecule has 2 heterocycles. The van der Waals surface area contributed by atoms with Gasteiger partial charge in [-0.2, -0.15) is 13.2 Å². The molecule has 19 heavy (non-hydrogen) atoms. The SMILES string of the molecule is O=c1[nH]c(=O)n(CCCC(F)(F)F)c2c1CC(Cl)=N2. The molecule has 0 aliphatic carbocycles. The van der Waals surface area contributed by atoms with Crippen molar-refractivity contribution in [3.8, 4) is 0 Å². The summed E-state index contributed by atoms with van der Waals surface area (Å²) in [5.41, 5.74) is -1.18. The molecular formula is C10H9ClF3N3O2. The molecule has 5 nitrogen and oxygen atoms in total. The maximum Gasteiger partial charge on any atom is 0.389 e. The minimum Gasteiger partial charge on any atom is -0.278 e. The standard InChI is InChI=1S/C10H9ClF3N3O2/c11-6-4-5-7(15-6)17(9(19)16-8(5)18)3-1-2-10(12,13)14/h1-4H2,(H,16,18,19). The molecular weight excluding hydrogens is 287 g/mol. The number of halogens is 4. The second-order valence-corrected chi connectivity index (χ2v) is 4.53. The van der Waals surface area contributed by atoms with E-state index in [1.807, 2.05) is 4.98 Å². The zero-order chi connectivity index (χ0) is 14.2. The summed E-state index contributed by atoms with van der Waals surface area (Å²) in [5, 5.41) is 0.135. The Kier molecular flexibility index (Phi) is 3.53. The van der Waals surface area contributed by atoms with Crippen molar-refractivity contribution in [3.63, 3.8) is 0 Å². The highest BCUT2D eigenvalue weighted by molar-refractivity contribution is 6.66. The van der Waals surface area contributed by atoms with Crippen LogP contribution in [-0.4, -0.2) is 20.9 Å². The van der Waals surface area contributed by atoms with Gasteiger partial charge in [0.05, 0.1) is 5.56 Å². The number of nitrogens with zero attached hydrogens (tertiary/aromatic N) is 2. The normalized spacial score (nSPS) is 14.4. The van der Waals surface area contributed by atoms with Crippen LogP contribution < -0.4 is 11.2 Å². The highest BCUT2D eigenvalue weighted by Gasteiger charge is 2.27. The predicted molar refractivity (Wildman–Crippen MR) is 63.3 cm³/mol. The first-order valence-electron chi connectivity index (χ1n) is 5.44. The second kappa shape index (κ2) is 4.84. The van der Waals surface area contributed by atoms with Crippen molar-refractivity contribution >= 4 is 22.6 Å². The molecule has 1 aromatic rings. The smallest absolute Gasteiger partial charge is 0.278 e. The molecule has 0 radical (unpaired) electrons. The van der Waals surface area contributed by atoms with Crippen LogP contribution in [-0.2, 0) is 13.0 Å². The Bertz CT molecular complexity index is 645. The van der Waals surface area contributed by atoms with Crippen molar-refractivity contribution in [1.82, 2.24) is 9.55 Å². The monoisotopic (exact) mass is 295 g/mol. The van der Waals surface area contributed by atoms with E-state index in [0.29, 0.717) is 0 Å². The van der Waals surface area contributed by atoms with Gasteiger partial charge in [0, 0.05) is 19.4 Å². The molecule has 0 bridgehead atoms. The number of aromatic nitrogens is 2. The van der Waals surface area contributed by atoms with Crippen molar-refractivity contribution in [3.05, 3.63) is 26.4 Å². The van der Waals surface area contributed by atoms with Gasteiger partial charge in [-0.05, 0) is 6.42 Å². The Hall–Kier alpha value is -1.57. The molecule has 0 aromatic carbocycles. The average molecular weight is 296 g/mol. The largest absolute Gasteiger partial charge is 0.389 e. The van der Waals surface area contributed by atoms with Gasteiger partial charge < -0.3 is 0 Å². The van der Waals surface area contributed by atoms with E-state index in [2.05, 4.69) is 4.99 Å². The number of nitrogens with one attached hydrogen (secondary N) is 1. The van der Waals surface area contributed by atoms with Gasteiger partial charge in [-0.25, -0.2) is 9.79 Å². The average Bonchev–Trinajstić information content (AvgIpc) is 2.64. The lowest BCUT2D eigenvalue weighted by molar-refractivity contribution is -0.135. The Morgan fingerprint density at radius 1 is 1.37 bits per heavy atom. The Morgan fingerprint density at radius 2 is 2.05 bits per heavy atom. The van der Waals surface area contributed by atoms with Crippen molar-refractivity contribution in [2.75, 3.05) is 0 Å². The predicted octanol–water partition coefficient (Wildman–Crippen LogP) is 1.70. The zero-order valence-electron chi connectivity index (χ0n) is 9.55. The fraction of sp³-hybridized carbons (Fsp3) is 0.500. The van der Waals surface area contributed by atoms with Crippen LogP contribution in [0.3, 0.4) is 0 Å². The summed E-state index contributed by atoms with van der Waals surface area (Å²) in [6.45, 7) is -0.175. The van der Waals surface area contributed by atoms with Gasteiger partial charge >= 0.3 is 11.9 Å². The number of fused-ring (bicyclic) bond motifs is 1. The molecule has 0 amide bonds. The summed E-state index contributed by atoms with van der Waals surface area (Å²) in [4.78, 5) is 28.9. The van der Waals surface area contributed by atoms with E-state index in [1.54, 1.807) is 0 Å². The fourth-order valence-electron chi connectivity index (χ4n) is 1.83. The third kappa shape index (κ3) is 3.06. The molecule has 1 aliphatic rings. The van der Waals surface area contributed by atoms with Crippen LogP contribution in [0.1, 0.15) is 18.4 Å². The molecule has 9 heteroatoms. The molecule has 0 atom stereocenters. The molecule has 0 spiro atoms. The molecule has 0 fully saturated rings. The van der Waals surface area contributed by atoms with Gasteiger partial charge in [0.15, 0.2) is 0 Å². The maximum atomic E-state index is 12.1. The summed E-state index contributed by atoms with van der Waals surface area (Å²) in [5.74, 6) is 0.0564. The fourth-order valence-corrected chi connectivity index (χ4v) is 2.05. The van der Waals surface area contributed by atoms with E-state index in [-0.39, 0.29) is 35.9 Å². The summed E-state index contributed by atoms with van der Waals surface area (Å²) in [6, 6.07) is 0. The lowest BCUT2D eigenvalue weighted by Crippen LogP contribution is -2.32. The number of alkyl halides is 3. The first-order chi connectivity index (χ1) is 8.78. The third-order valence-electron chi connectivity index (χ3n) is 2.66. The van der Waals surface area contributed by atoms with Crippen molar-refractivity contribution in [2.45, 2.75) is 32.0 Å². The van der Waals surface area contributed by atoms with Gasteiger partial charge in [0.2, 0.25) is 0 Å². The van der Waals surface area contributed by atoms with E-state index in [9.17, 15) is 22.8 Å².